The van der Waals surface area contributed by atoms with E-state index in [1.165, 1.54) is 12.5 Å². The smallest absolute Gasteiger partial charge is 0.257 e. The van der Waals surface area contributed by atoms with Crippen LogP contribution < -0.4 is 5.32 Å². The van der Waals surface area contributed by atoms with E-state index in [9.17, 15) is 9.59 Å². The van der Waals surface area contributed by atoms with Crippen LogP contribution in [-0.4, -0.2) is 53.8 Å². The summed E-state index contributed by atoms with van der Waals surface area (Å²) in [4.78, 5) is 28.9. The number of furan rings is 1. The van der Waals surface area contributed by atoms with E-state index in [2.05, 4.69) is 10.2 Å². The van der Waals surface area contributed by atoms with E-state index in [-0.39, 0.29) is 17.9 Å². The Bertz CT molecular complexity index is 757. The number of anilines is 1. The summed E-state index contributed by atoms with van der Waals surface area (Å²) in [6, 6.07) is 7.40. The normalized spacial score (nSPS) is 16.3. The maximum absolute atomic E-state index is 12.7. The maximum atomic E-state index is 12.7. The van der Waals surface area contributed by atoms with Crippen LogP contribution in [0.3, 0.4) is 0 Å². The highest BCUT2D eigenvalue weighted by Gasteiger charge is 2.28. The van der Waals surface area contributed by atoms with Crippen molar-refractivity contribution in [3.05, 3.63) is 53.5 Å². The summed E-state index contributed by atoms with van der Waals surface area (Å²) in [5, 5.41) is 3.06. The van der Waals surface area contributed by atoms with Gasteiger partial charge in [0.05, 0.1) is 17.9 Å². The van der Waals surface area contributed by atoms with E-state index < -0.39 is 0 Å². The molecule has 6 nitrogen and oxygen atoms in total. The van der Waals surface area contributed by atoms with E-state index >= 15 is 0 Å². The molecule has 1 aliphatic rings. The lowest BCUT2D eigenvalue weighted by Gasteiger charge is -2.37. The molecule has 0 spiro atoms. The average Bonchev–Trinajstić information content (AvgIpc) is 3.18. The number of hydrogen-bond donors (Lipinski definition) is 1. The van der Waals surface area contributed by atoms with Gasteiger partial charge in [-0.05, 0) is 38.0 Å². The second kappa shape index (κ2) is 7.74. The van der Waals surface area contributed by atoms with Gasteiger partial charge in [-0.3, -0.25) is 14.5 Å². The molecular weight excluding hydrogens is 330 g/mol. The van der Waals surface area contributed by atoms with Crippen molar-refractivity contribution in [2.24, 2.45) is 0 Å². The van der Waals surface area contributed by atoms with E-state index in [4.69, 9.17) is 4.42 Å². The third-order valence-electron chi connectivity index (χ3n) is 5.03. The fourth-order valence-corrected chi connectivity index (χ4v) is 3.29. The van der Waals surface area contributed by atoms with Crippen molar-refractivity contribution < 1.29 is 14.0 Å². The zero-order valence-electron chi connectivity index (χ0n) is 15.5. The third-order valence-corrected chi connectivity index (χ3v) is 5.03. The number of aryl methyl sites for hydroxylation is 2. The maximum Gasteiger partial charge on any atom is 0.257 e. The molecule has 0 saturated carbocycles. The Morgan fingerprint density at radius 1 is 1.08 bits per heavy atom. The number of piperazine rings is 1. The van der Waals surface area contributed by atoms with Gasteiger partial charge in [-0.2, -0.15) is 0 Å². The number of nitrogens with zero attached hydrogens (tertiary/aromatic N) is 2. The van der Waals surface area contributed by atoms with Crippen LogP contribution in [0.2, 0.25) is 0 Å². The van der Waals surface area contributed by atoms with Crippen LogP contribution in [0.25, 0.3) is 0 Å². The molecule has 2 heterocycles. The first-order chi connectivity index (χ1) is 12.5. The first-order valence-corrected chi connectivity index (χ1v) is 8.90. The number of rotatable bonds is 4. The van der Waals surface area contributed by atoms with Gasteiger partial charge in [0, 0.05) is 31.9 Å². The van der Waals surface area contributed by atoms with Crippen LogP contribution in [0, 0.1) is 13.8 Å². The molecule has 1 N–H and O–H groups in total. The highest BCUT2D eigenvalue weighted by atomic mass is 16.3. The second-order valence-electron chi connectivity index (χ2n) is 6.77. The van der Waals surface area contributed by atoms with E-state index in [0.717, 1.165) is 16.8 Å². The summed E-state index contributed by atoms with van der Waals surface area (Å²) in [5.74, 6) is -0.0388. The van der Waals surface area contributed by atoms with Crippen LogP contribution in [0.15, 0.2) is 41.2 Å². The molecule has 0 bridgehead atoms. The van der Waals surface area contributed by atoms with Crippen LogP contribution in [0.5, 0.6) is 0 Å². The topological polar surface area (TPSA) is 65.8 Å². The molecule has 138 valence electrons. The lowest BCUT2D eigenvalue weighted by Crippen LogP contribution is -2.54. The fourth-order valence-electron chi connectivity index (χ4n) is 3.29. The number of carbonyl (C=O) groups is 2. The lowest BCUT2D eigenvalue weighted by molar-refractivity contribution is -0.121. The summed E-state index contributed by atoms with van der Waals surface area (Å²) < 4.78 is 4.98. The largest absolute Gasteiger partial charge is 0.472 e. The Kier molecular flexibility index (Phi) is 5.42. The number of amides is 2. The lowest BCUT2D eigenvalue weighted by atomic mass is 10.1. The Morgan fingerprint density at radius 2 is 1.73 bits per heavy atom. The van der Waals surface area contributed by atoms with Gasteiger partial charge in [-0.25, -0.2) is 0 Å². The monoisotopic (exact) mass is 355 g/mol. The molecule has 2 amide bonds. The number of hydrogen-bond acceptors (Lipinski definition) is 4. The molecule has 1 unspecified atom stereocenters. The zero-order chi connectivity index (χ0) is 18.7. The molecule has 0 aliphatic carbocycles. The number of carbonyl (C=O) groups excluding carboxylic acids is 2. The Balaban J connectivity index is 1.57. The Hall–Kier alpha value is -2.60. The van der Waals surface area contributed by atoms with Gasteiger partial charge in [-0.1, -0.05) is 18.2 Å². The molecule has 1 aromatic heterocycles. The van der Waals surface area contributed by atoms with Crippen molar-refractivity contribution in [2.75, 3.05) is 31.5 Å². The minimum atomic E-state index is -0.250. The van der Waals surface area contributed by atoms with E-state index in [0.29, 0.717) is 31.7 Å². The number of benzene rings is 1. The average molecular weight is 355 g/mol. The minimum Gasteiger partial charge on any atom is -0.472 e. The Morgan fingerprint density at radius 3 is 2.31 bits per heavy atom. The SMILES string of the molecule is Cc1cccc(C)c1NC(=O)C(C)N1CCN(C(=O)c2ccoc2)CC1. The summed E-state index contributed by atoms with van der Waals surface area (Å²) in [6.07, 6.45) is 2.97. The first kappa shape index (κ1) is 18.2. The molecule has 0 radical (unpaired) electrons. The van der Waals surface area contributed by atoms with Crippen LogP contribution in [0.1, 0.15) is 28.4 Å². The Labute approximate surface area is 153 Å². The standard InChI is InChI=1S/C20H25N3O3/c1-14-5-4-6-15(2)18(14)21-19(24)16(3)22-8-10-23(11-9-22)20(25)17-7-12-26-13-17/h4-7,12-13,16H,8-11H2,1-3H3,(H,21,24). The van der Waals surface area contributed by atoms with Crippen LogP contribution in [-0.2, 0) is 4.79 Å². The molecular formula is C20H25N3O3. The summed E-state index contributed by atoms with van der Waals surface area (Å²) in [6.45, 7) is 8.45. The van der Waals surface area contributed by atoms with E-state index in [1.54, 1.807) is 11.0 Å². The first-order valence-electron chi connectivity index (χ1n) is 8.90. The summed E-state index contributed by atoms with van der Waals surface area (Å²) in [5.41, 5.74) is 3.57. The second-order valence-corrected chi connectivity index (χ2v) is 6.77. The van der Waals surface area contributed by atoms with Crippen molar-refractivity contribution in [2.45, 2.75) is 26.8 Å². The fraction of sp³-hybridized carbons (Fsp3) is 0.400. The summed E-state index contributed by atoms with van der Waals surface area (Å²) in [7, 11) is 0. The van der Waals surface area contributed by atoms with Crippen molar-refractivity contribution in [1.82, 2.24) is 9.80 Å². The highest BCUT2D eigenvalue weighted by molar-refractivity contribution is 5.96. The predicted octanol–water partition coefficient (Wildman–Crippen LogP) is 2.68. The van der Waals surface area contributed by atoms with Crippen molar-refractivity contribution in [1.29, 1.82) is 0 Å². The molecule has 6 heteroatoms. The quantitative estimate of drug-likeness (QED) is 0.916. The van der Waals surface area contributed by atoms with Gasteiger partial charge in [0.2, 0.25) is 5.91 Å². The summed E-state index contributed by atoms with van der Waals surface area (Å²) >= 11 is 0. The number of para-hydroxylation sites is 1. The van der Waals surface area contributed by atoms with Crippen molar-refractivity contribution in [3.8, 4) is 0 Å². The molecule has 2 aromatic rings. The van der Waals surface area contributed by atoms with Crippen LogP contribution >= 0.6 is 0 Å². The molecule has 1 aromatic carbocycles. The molecule has 1 saturated heterocycles. The molecule has 1 atom stereocenters. The van der Waals surface area contributed by atoms with Gasteiger partial charge in [0.25, 0.3) is 5.91 Å². The highest BCUT2D eigenvalue weighted by Crippen LogP contribution is 2.20. The molecule has 1 fully saturated rings. The molecule has 26 heavy (non-hydrogen) atoms. The molecule has 3 rings (SSSR count). The van der Waals surface area contributed by atoms with Crippen molar-refractivity contribution >= 4 is 17.5 Å². The van der Waals surface area contributed by atoms with E-state index in [1.807, 2.05) is 39.0 Å². The van der Waals surface area contributed by atoms with Crippen LogP contribution in [0.4, 0.5) is 5.69 Å². The minimum absolute atomic E-state index is 0.0167. The van der Waals surface area contributed by atoms with Crippen molar-refractivity contribution in [3.63, 3.8) is 0 Å². The van der Waals surface area contributed by atoms with Gasteiger partial charge >= 0.3 is 0 Å². The van der Waals surface area contributed by atoms with Gasteiger partial charge < -0.3 is 14.6 Å². The van der Waals surface area contributed by atoms with Gasteiger partial charge in [0.15, 0.2) is 0 Å². The van der Waals surface area contributed by atoms with Gasteiger partial charge in [0.1, 0.15) is 6.26 Å². The molecule has 1 aliphatic heterocycles. The third kappa shape index (κ3) is 3.80. The zero-order valence-corrected chi connectivity index (χ0v) is 15.5. The van der Waals surface area contributed by atoms with Gasteiger partial charge in [-0.15, -0.1) is 0 Å². The predicted molar refractivity (Wildman–Crippen MR) is 100 cm³/mol. The number of nitrogens with one attached hydrogen (secondary N) is 1.